The monoisotopic (exact) mass is 695 g/mol. The van der Waals surface area contributed by atoms with Gasteiger partial charge in [-0.15, -0.1) is 5.10 Å². The number of aromatic nitrogens is 3. The summed E-state index contributed by atoms with van der Waals surface area (Å²) in [5, 5.41) is 18.9. The number of carbonyl (C=O) groups is 3. The highest BCUT2D eigenvalue weighted by atomic mass is 28.4. The van der Waals surface area contributed by atoms with E-state index in [1.165, 1.54) is 11.8 Å². The van der Waals surface area contributed by atoms with Crippen molar-refractivity contribution in [3.8, 4) is 0 Å². The summed E-state index contributed by atoms with van der Waals surface area (Å²) in [7, 11) is -2.96. The van der Waals surface area contributed by atoms with Crippen molar-refractivity contribution in [2.75, 3.05) is 16.4 Å². The number of hydrogen-bond donors (Lipinski definition) is 2. The van der Waals surface area contributed by atoms with E-state index in [9.17, 15) is 24.3 Å². The Morgan fingerprint density at radius 2 is 1.76 bits per heavy atom. The highest BCUT2D eigenvalue weighted by Crippen LogP contribution is 2.61. The minimum Gasteiger partial charge on any atom is -0.441 e. The summed E-state index contributed by atoms with van der Waals surface area (Å²) in [6.45, 7) is 7.30. The van der Waals surface area contributed by atoms with Crippen molar-refractivity contribution < 1.29 is 33.8 Å². The highest BCUT2D eigenvalue weighted by Gasteiger charge is 2.66. The van der Waals surface area contributed by atoms with E-state index >= 15 is 0 Å². The van der Waals surface area contributed by atoms with Gasteiger partial charge in [-0.2, -0.15) is 0 Å². The number of rotatable bonds is 10. The molecule has 13 heteroatoms. The molecule has 6 atom stereocenters. The molecule has 4 heterocycles. The molecule has 0 aliphatic carbocycles. The van der Waals surface area contributed by atoms with E-state index in [2.05, 4.69) is 10.3 Å². The van der Waals surface area contributed by atoms with Crippen molar-refractivity contribution >= 4 is 43.2 Å². The summed E-state index contributed by atoms with van der Waals surface area (Å²) < 4.78 is 14.1. The van der Waals surface area contributed by atoms with Crippen LogP contribution in [0.4, 0.5) is 17.1 Å². The van der Waals surface area contributed by atoms with Crippen molar-refractivity contribution in [1.82, 2.24) is 15.0 Å². The van der Waals surface area contributed by atoms with Crippen LogP contribution < -0.4 is 9.80 Å². The number of aryl methyl sites for hydroxylation is 1. The number of amides is 2. The molecule has 2 amide bonds. The molecule has 2 unspecified atom stereocenters. The van der Waals surface area contributed by atoms with Crippen LogP contribution in [0.25, 0.3) is 0 Å². The molecule has 2 fully saturated rings. The number of anilines is 3. The van der Waals surface area contributed by atoms with E-state index in [1.807, 2.05) is 92.9 Å². The number of aliphatic hydroxyl groups is 1. The average molecular weight is 696 g/mol. The van der Waals surface area contributed by atoms with Gasteiger partial charge in [-0.1, -0.05) is 60.7 Å². The molecule has 1 aromatic heterocycles. The van der Waals surface area contributed by atoms with Gasteiger partial charge < -0.3 is 19.4 Å². The predicted molar refractivity (Wildman–Crippen MR) is 187 cm³/mol. The first kappa shape index (κ1) is 33.8. The number of hydrogen-bond acceptors (Lipinski definition) is 9. The van der Waals surface area contributed by atoms with E-state index in [0.29, 0.717) is 41.3 Å². The largest absolute Gasteiger partial charge is 0.441 e. The van der Waals surface area contributed by atoms with Gasteiger partial charge in [-0.3, -0.25) is 28.9 Å². The van der Waals surface area contributed by atoms with E-state index in [-0.39, 0.29) is 36.3 Å². The third-order valence-corrected chi connectivity index (χ3v) is 12.8. The van der Waals surface area contributed by atoms with Gasteiger partial charge >= 0.3 is 5.97 Å². The Labute approximate surface area is 291 Å². The molecule has 3 aliphatic rings. The minimum atomic E-state index is -2.96. The summed E-state index contributed by atoms with van der Waals surface area (Å²) in [5.41, 5.74) is 2.17. The molecule has 50 heavy (non-hydrogen) atoms. The fraction of sp³-hybridized carbons (Fsp3) is 0.378. The zero-order chi connectivity index (χ0) is 35.4. The van der Waals surface area contributed by atoms with Gasteiger partial charge in [0.25, 0.3) is 5.91 Å². The average Bonchev–Trinajstić information content (AvgIpc) is 3.74. The second-order valence-electron chi connectivity index (χ2n) is 13.9. The number of carbonyl (C=O) groups excluding carboxylic acids is 3. The molecule has 3 aromatic carbocycles. The lowest BCUT2D eigenvalue weighted by Crippen LogP contribution is -2.55. The maximum absolute atomic E-state index is 14.9. The number of nitrogens with zero attached hydrogens (tertiary/aromatic N) is 5. The van der Waals surface area contributed by atoms with Crippen LogP contribution in [0.5, 0.6) is 0 Å². The maximum Gasteiger partial charge on any atom is 0.304 e. The molecule has 1 spiro atoms. The summed E-state index contributed by atoms with van der Waals surface area (Å²) in [6.07, 6.45) is 1.09. The summed E-state index contributed by atoms with van der Waals surface area (Å²) in [6, 6.07) is 24.3. The van der Waals surface area contributed by atoms with Crippen LogP contribution in [0.1, 0.15) is 49.4 Å². The van der Waals surface area contributed by atoms with E-state index in [0.717, 1.165) is 5.56 Å². The lowest BCUT2D eigenvalue weighted by atomic mass is 9.82. The quantitative estimate of drug-likeness (QED) is 0.138. The highest BCUT2D eigenvalue weighted by molar-refractivity contribution is 6.71. The van der Waals surface area contributed by atoms with Crippen LogP contribution in [-0.2, 0) is 36.0 Å². The van der Waals surface area contributed by atoms with Crippen LogP contribution >= 0.6 is 0 Å². The normalized spacial score (nSPS) is 25.2. The van der Waals surface area contributed by atoms with Crippen LogP contribution in [0, 0.1) is 5.92 Å². The van der Waals surface area contributed by atoms with Crippen molar-refractivity contribution in [1.29, 1.82) is 0 Å². The van der Waals surface area contributed by atoms with Crippen LogP contribution in [-0.4, -0.2) is 69.9 Å². The second kappa shape index (κ2) is 12.9. The molecule has 2 N–H and O–H groups in total. The van der Waals surface area contributed by atoms with Gasteiger partial charge in [-0.25, -0.2) is 0 Å². The topological polar surface area (TPSA) is 147 Å². The first-order chi connectivity index (χ1) is 23.9. The second-order valence-corrected chi connectivity index (χ2v) is 17.9. The molecule has 2 saturated heterocycles. The molecule has 3 aliphatic heterocycles. The molecule has 7 rings (SSSR count). The fourth-order valence-corrected chi connectivity index (χ4v) is 10.7. The van der Waals surface area contributed by atoms with Gasteiger partial charge in [0.2, 0.25) is 5.91 Å². The number of aliphatic hydroxyl groups excluding tert-OH is 1. The summed E-state index contributed by atoms with van der Waals surface area (Å²) >= 11 is 0. The predicted octanol–water partition coefficient (Wildman–Crippen LogP) is 4.59. The van der Waals surface area contributed by atoms with E-state index in [1.54, 1.807) is 21.7 Å². The van der Waals surface area contributed by atoms with Gasteiger partial charge in [0.1, 0.15) is 0 Å². The molecular weight excluding hydrogens is 655 g/mol. The van der Waals surface area contributed by atoms with E-state index < -0.39 is 38.1 Å². The Kier molecular flexibility index (Phi) is 8.71. The number of esters is 1. The zero-order valence-corrected chi connectivity index (χ0v) is 29.5. The first-order valence-corrected chi connectivity index (χ1v) is 20.0. The lowest BCUT2D eigenvalue weighted by Gasteiger charge is -2.39. The van der Waals surface area contributed by atoms with Crippen molar-refractivity contribution in [2.24, 2.45) is 5.92 Å². The van der Waals surface area contributed by atoms with Crippen LogP contribution in [0.3, 0.4) is 0 Å². The van der Waals surface area contributed by atoms with Crippen molar-refractivity contribution in [3.63, 3.8) is 0 Å². The summed E-state index contributed by atoms with van der Waals surface area (Å²) in [5.74, 6) is -1.71. The molecule has 260 valence electrons. The minimum absolute atomic E-state index is 0.0760. The van der Waals surface area contributed by atoms with Gasteiger partial charge in [0, 0.05) is 48.1 Å². The molecule has 0 bridgehead atoms. The molecule has 12 nitrogen and oxygen atoms in total. The van der Waals surface area contributed by atoms with Crippen LogP contribution in [0.2, 0.25) is 18.6 Å². The molecule has 0 radical (unpaired) electrons. The third-order valence-electron chi connectivity index (χ3n) is 10.3. The molecule has 0 saturated carbocycles. The van der Waals surface area contributed by atoms with Gasteiger partial charge in [0.15, 0.2) is 20.1 Å². The number of benzene rings is 3. The fourth-order valence-electron chi connectivity index (χ4n) is 8.12. The maximum atomic E-state index is 14.9. The molecule has 4 aromatic rings. The van der Waals surface area contributed by atoms with Gasteiger partial charge in [-0.05, 0) is 55.4 Å². The number of para-hydroxylation sites is 1. The number of ether oxygens (including phenoxy) is 2. The number of β-lactam (4-membered cyclic amide) rings is 1. The first-order valence-electron chi connectivity index (χ1n) is 16.9. The summed E-state index contributed by atoms with van der Waals surface area (Å²) in [4.78, 5) is 54.4. The van der Waals surface area contributed by atoms with Crippen molar-refractivity contribution in [2.45, 2.75) is 75.7 Å². The Balaban J connectivity index is 1.25. The van der Waals surface area contributed by atoms with E-state index in [4.69, 9.17) is 9.47 Å². The Morgan fingerprint density at radius 3 is 2.40 bits per heavy atom. The van der Waals surface area contributed by atoms with Crippen molar-refractivity contribution in [3.05, 3.63) is 102 Å². The molecular formula is C37H41N5O7Si. The SMILES string of the molecule is CC(=O)OC1CC(=O)N1c1ccc2c(c1)[C@@]1(O[C@H](CCn3cc(C(CO)c4ccccc4)nn3)[C@@H]([Si](C)(C)O)[C@@H]1C)C(=O)N2c1ccccc1. The third kappa shape index (κ3) is 5.63. The van der Waals surface area contributed by atoms with Gasteiger partial charge in [0.05, 0.1) is 36.4 Å². The number of fused-ring (bicyclic) bond motifs is 2. The standard InChI is InChI=1S/C37H41N5O7Si/c1-23-35(50(3,4)47)32(17-18-40-21-30(38-39-40)28(22-43)25-11-7-5-8-12-25)49-37(23)29-19-27(42-33(45)20-34(42)48-24(2)44)15-16-31(29)41(36(37)46)26-13-9-6-10-14-26/h5-16,19,21,23,28,32,34-35,43,47H,17-18,20,22H2,1-4H3/t23-,28?,32+,34?,35-,37+/m0/s1. The lowest BCUT2D eigenvalue weighted by molar-refractivity contribution is -0.153. The Morgan fingerprint density at radius 1 is 1.06 bits per heavy atom. The Hall–Kier alpha value is -4.69. The smallest absolute Gasteiger partial charge is 0.304 e. The Bertz CT molecular complexity index is 1920. The van der Waals surface area contributed by atoms with Crippen LogP contribution in [0.15, 0.2) is 85.1 Å². The zero-order valence-electron chi connectivity index (χ0n) is 28.5.